The summed E-state index contributed by atoms with van der Waals surface area (Å²) in [4.78, 5) is 26.1. The van der Waals surface area contributed by atoms with Crippen molar-refractivity contribution in [1.82, 2.24) is 15.8 Å². The van der Waals surface area contributed by atoms with Gasteiger partial charge >= 0.3 is 0 Å². The van der Waals surface area contributed by atoms with Crippen LogP contribution in [0.15, 0.2) is 34.8 Å². The molecule has 3 N–H and O–H groups in total. The van der Waals surface area contributed by atoms with Gasteiger partial charge in [-0.25, -0.2) is 0 Å². The van der Waals surface area contributed by atoms with Crippen molar-refractivity contribution in [3.05, 3.63) is 56.2 Å². The average molecular weight is 377 g/mol. The van der Waals surface area contributed by atoms with Crippen molar-refractivity contribution in [3.63, 3.8) is 0 Å². The van der Waals surface area contributed by atoms with Gasteiger partial charge in [-0.3, -0.25) is 20.4 Å². The van der Waals surface area contributed by atoms with Crippen LogP contribution in [0.2, 0.25) is 10.2 Å². The van der Waals surface area contributed by atoms with Crippen molar-refractivity contribution >= 4 is 50.9 Å². The Morgan fingerprint density at radius 3 is 2.20 bits per heavy atom. The van der Waals surface area contributed by atoms with Gasteiger partial charge in [-0.15, -0.1) is 0 Å². The quantitative estimate of drug-likeness (QED) is 0.704. The number of halogens is 3. The number of hydrogen-bond acceptors (Lipinski definition) is 2. The van der Waals surface area contributed by atoms with E-state index in [1.54, 1.807) is 24.3 Å². The Bertz CT molecular complexity index is 636. The summed E-state index contributed by atoms with van der Waals surface area (Å²) in [6, 6.07) is 8.05. The summed E-state index contributed by atoms with van der Waals surface area (Å²) < 4.78 is 0.855. The van der Waals surface area contributed by atoms with E-state index in [4.69, 9.17) is 23.2 Å². The number of aromatic amines is 1. The minimum Gasteiger partial charge on any atom is -0.340 e. The van der Waals surface area contributed by atoms with Crippen LogP contribution < -0.4 is 10.9 Å². The molecule has 8 heteroatoms. The van der Waals surface area contributed by atoms with E-state index in [0.717, 1.165) is 4.47 Å². The van der Waals surface area contributed by atoms with Gasteiger partial charge in [0.05, 0.1) is 5.02 Å². The molecule has 0 fully saturated rings. The molecular formula is C12H8BrCl2N3O2. The Kier molecular flexibility index (Phi) is 4.69. The minimum absolute atomic E-state index is 0.149. The second-order valence-corrected chi connectivity index (χ2v) is 5.46. The molecule has 1 aromatic heterocycles. The lowest BCUT2D eigenvalue weighted by Gasteiger charge is -2.06. The number of benzene rings is 1. The zero-order chi connectivity index (χ0) is 14.7. The maximum atomic E-state index is 11.8. The number of carbonyl (C=O) groups excluding carboxylic acids is 2. The lowest BCUT2D eigenvalue weighted by atomic mass is 10.2. The third kappa shape index (κ3) is 3.53. The number of hydrazine groups is 1. The summed E-state index contributed by atoms with van der Waals surface area (Å²) in [6.07, 6.45) is 0. The highest BCUT2D eigenvalue weighted by atomic mass is 79.9. The molecule has 0 spiro atoms. The van der Waals surface area contributed by atoms with Crippen LogP contribution in [0.1, 0.15) is 20.8 Å². The zero-order valence-corrected chi connectivity index (χ0v) is 12.9. The third-order valence-electron chi connectivity index (χ3n) is 2.37. The van der Waals surface area contributed by atoms with E-state index in [1.807, 2.05) is 0 Å². The van der Waals surface area contributed by atoms with Gasteiger partial charge in [-0.1, -0.05) is 39.1 Å². The van der Waals surface area contributed by atoms with Crippen LogP contribution in [0, 0.1) is 0 Å². The summed E-state index contributed by atoms with van der Waals surface area (Å²) in [5, 5.41) is 0.395. The first-order chi connectivity index (χ1) is 9.47. The molecule has 20 heavy (non-hydrogen) atoms. The summed E-state index contributed by atoms with van der Waals surface area (Å²) >= 11 is 14.7. The molecule has 0 unspecified atom stereocenters. The van der Waals surface area contributed by atoms with Crippen LogP contribution in [-0.4, -0.2) is 16.8 Å². The lowest BCUT2D eigenvalue weighted by Crippen LogP contribution is -2.41. The summed E-state index contributed by atoms with van der Waals surface area (Å²) in [6.45, 7) is 0. The largest absolute Gasteiger partial charge is 0.340 e. The Morgan fingerprint density at radius 2 is 1.65 bits per heavy atom. The highest BCUT2D eigenvalue weighted by Gasteiger charge is 2.12. The molecule has 104 valence electrons. The number of nitrogens with one attached hydrogen (secondary N) is 3. The molecule has 2 rings (SSSR count). The SMILES string of the molecule is O=C(NNC(=O)c1cc(Cl)c(Cl)[nH]1)c1ccc(Br)cc1. The summed E-state index contributed by atoms with van der Waals surface area (Å²) in [5.41, 5.74) is 5.10. The molecule has 0 aliphatic heterocycles. The van der Waals surface area contributed by atoms with Crippen LogP contribution in [0.5, 0.6) is 0 Å². The summed E-state index contributed by atoms with van der Waals surface area (Å²) in [7, 11) is 0. The maximum absolute atomic E-state index is 11.8. The number of carbonyl (C=O) groups is 2. The smallest absolute Gasteiger partial charge is 0.286 e. The van der Waals surface area contributed by atoms with Crippen molar-refractivity contribution < 1.29 is 9.59 Å². The van der Waals surface area contributed by atoms with Crippen LogP contribution >= 0.6 is 39.1 Å². The molecule has 0 saturated carbocycles. The number of hydrogen-bond donors (Lipinski definition) is 3. The van der Waals surface area contributed by atoms with E-state index in [9.17, 15) is 9.59 Å². The standard InChI is InChI=1S/C12H8BrCl2N3O2/c13-7-3-1-6(2-4-7)11(19)17-18-12(20)9-5-8(14)10(15)16-9/h1-5,16H,(H,17,19)(H,18,20). The molecule has 5 nitrogen and oxygen atoms in total. The van der Waals surface area contributed by atoms with Crippen molar-refractivity contribution in [1.29, 1.82) is 0 Å². The predicted molar refractivity (Wildman–Crippen MR) is 79.9 cm³/mol. The van der Waals surface area contributed by atoms with Gasteiger partial charge in [0.2, 0.25) is 0 Å². The molecule has 0 bridgehead atoms. The first-order valence-corrected chi connectivity index (χ1v) is 6.92. The number of rotatable bonds is 2. The molecule has 0 aliphatic carbocycles. The van der Waals surface area contributed by atoms with E-state index in [2.05, 4.69) is 31.8 Å². The predicted octanol–water partition coefficient (Wildman–Crippen LogP) is 3.16. The minimum atomic E-state index is -0.552. The molecule has 0 radical (unpaired) electrons. The number of aromatic nitrogens is 1. The van der Waals surface area contributed by atoms with Gasteiger partial charge < -0.3 is 4.98 Å². The highest BCUT2D eigenvalue weighted by molar-refractivity contribution is 9.10. The number of amides is 2. The molecule has 1 heterocycles. The van der Waals surface area contributed by atoms with E-state index in [0.29, 0.717) is 5.56 Å². The first-order valence-electron chi connectivity index (χ1n) is 5.37. The average Bonchev–Trinajstić information content (AvgIpc) is 2.76. The molecule has 0 atom stereocenters. The molecule has 1 aromatic carbocycles. The molecule has 0 saturated heterocycles. The second kappa shape index (κ2) is 6.30. The lowest BCUT2D eigenvalue weighted by molar-refractivity contribution is 0.0844. The molecule has 2 amide bonds. The van der Waals surface area contributed by atoms with Crippen molar-refractivity contribution in [2.24, 2.45) is 0 Å². The Labute approximate surface area is 132 Å². The van der Waals surface area contributed by atoms with Gasteiger partial charge in [0.25, 0.3) is 11.8 Å². The van der Waals surface area contributed by atoms with Crippen LogP contribution in [0.3, 0.4) is 0 Å². The fourth-order valence-corrected chi connectivity index (χ4v) is 1.96. The van der Waals surface area contributed by atoms with Crippen molar-refractivity contribution in [2.45, 2.75) is 0 Å². The highest BCUT2D eigenvalue weighted by Crippen LogP contribution is 2.21. The Morgan fingerprint density at radius 1 is 1.05 bits per heavy atom. The van der Waals surface area contributed by atoms with Crippen molar-refractivity contribution in [3.8, 4) is 0 Å². The van der Waals surface area contributed by atoms with Crippen LogP contribution in [0.4, 0.5) is 0 Å². The maximum Gasteiger partial charge on any atom is 0.286 e. The Hall–Kier alpha value is -1.50. The zero-order valence-electron chi connectivity index (χ0n) is 9.84. The van der Waals surface area contributed by atoms with Gasteiger partial charge in [0.15, 0.2) is 0 Å². The fourth-order valence-electron chi connectivity index (χ4n) is 1.38. The van der Waals surface area contributed by atoms with E-state index in [1.165, 1.54) is 6.07 Å². The van der Waals surface area contributed by atoms with E-state index in [-0.39, 0.29) is 15.9 Å². The Balaban J connectivity index is 1.96. The fraction of sp³-hybridized carbons (Fsp3) is 0. The topological polar surface area (TPSA) is 74.0 Å². The van der Waals surface area contributed by atoms with E-state index < -0.39 is 11.8 Å². The molecule has 2 aromatic rings. The molecule has 0 aliphatic rings. The van der Waals surface area contributed by atoms with Gasteiger partial charge in [0, 0.05) is 10.0 Å². The molecular weight excluding hydrogens is 369 g/mol. The van der Waals surface area contributed by atoms with Gasteiger partial charge in [-0.05, 0) is 30.3 Å². The second-order valence-electron chi connectivity index (χ2n) is 3.76. The summed E-state index contributed by atoms with van der Waals surface area (Å²) in [5.74, 6) is -0.987. The third-order valence-corrected chi connectivity index (χ3v) is 3.59. The number of H-pyrrole nitrogens is 1. The first kappa shape index (κ1) is 14.9. The normalized spacial score (nSPS) is 10.2. The van der Waals surface area contributed by atoms with Gasteiger partial charge in [-0.2, -0.15) is 0 Å². The monoisotopic (exact) mass is 375 g/mol. The van der Waals surface area contributed by atoms with Crippen LogP contribution in [0.25, 0.3) is 0 Å². The van der Waals surface area contributed by atoms with E-state index >= 15 is 0 Å². The van der Waals surface area contributed by atoms with Crippen LogP contribution in [-0.2, 0) is 0 Å². The van der Waals surface area contributed by atoms with Gasteiger partial charge in [0.1, 0.15) is 10.8 Å². The van der Waals surface area contributed by atoms with Crippen molar-refractivity contribution in [2.75, 3.05) is 0 Å².